The van der Waals surface area contributed by atoms with Crippen LogP contribution in [0, 0.1) is 0 Å². The van der Waals surface area contributed by atoms with Gasteiger partial charge >= 0.3 is 0 Å². The summed E-state index contributed by atoms with van der Waals surface area (Å²) in [5, 5.41) is 2.96. The molecule has 0 aliphatic heterocycles. The number of benzene rings is 2. The van der Waals surface area contributed by atoms with E-state index in [9.17, 15) is 9.59 Å². The lowest BCUT2D eigenvalue weighted by molar-refractivity contribution is -0.138. The molecule has 2 aromatic rings. The molecule has 0 aliphatic carbocycles. The Morgan fingerprint density at radius 3 is 2.37 bits per heavy atom. The normalized spacial score (nSPS) is 11.7. The van der Waals surface area contributed by atoms with Crippen molar-refractivity contribution >= 4 is 39.5 Å². The van der Waals surface area contributed by atoms with Crippen LogP contribution in [0.2, 0.25) is 0 Å². The molecule has 1 atom stereocenters. The summed E-state index contributed by atoms with van der Waals surface area (Å²) >= 11 is 5.03. The molecule has 0 spiro atoms. The number of rotatable bonds is 12. The standard InChI is InChI=1S/C24H31BrN2O2S/c1-3-15-26-24(29)22(4-2)27(16-14-19-8-6-5-7-9-19)23(28)18-30-17-20-10-12-21(25)13-11-20/h5-13,22H,3-4,14-18H2,1-2H3,(H,26,29)/t22-/m1/s1. The first-order chi connectivity index (χ1) is 14.5. The molecule has 0 aliphatic rings. The molecule has 0 bridgehead atoms. The molecule has 2 rings (SSSR count). The first-order valence-corrected chi connectivity index (χ1v) is 12.4. The predicted octanol–water partition coefficient (Wildman–Crippen LogP) is 5.06. The first-order valence-electron chi connectivity index (χ1n) is 10.5. The maximum absolute atomic E-state index is 13.1. The predicted molar refractivity (Wildman–Crippen MR) is 130 cm³/mol. The third kappa shape index (κ3) is 8.15. The van der Waals surface area contributed by atoms with Gasteiger partial charge in [-0.1, -0.05) is 72.2 Å². The first kappa shape index (κ1) is 24.5. The van der Waals surface area contributed by atoms with Gasteiger partial charge in [-0.3, -0.25) is 9.59 Å². The molecule has 30 heavy (non-hydrogen) atoms. The van der Waals surface area contributed by atoms with E-state index in [0.717, 1.165) is 23.1 Å². The third-order valence-electron chi connectivity index (χ3n) is 4.83. The van der Waals surface area contributed by atoms with Gasteiger partial charge in [0.25, 0.3) is 0 Å². The Bertz CT molecular complexity index is 784. The molecule has 162 valence electrons. The van der Waals surface area contributed by atoms with Gasteiger partial charge in [0.2, 0.25) is 11.8 Å². The highest BCUT2D eigenvalue weighted by Crippen LogP contribution is 2.18. The number of nitrogens with zero attached hydrogens (tertiary/aromatic N) is 1. The SMILES string of the molecule is CCCNC(=O)[C@@H](CC)N(CCc1ccccc1)C(=O)CSCc1ccc(Br)cc1. The summed E-state index contributed by atoms with van der Waals surface area (Å²) in [7, 11) is 0. The van der Waals surface area contributed by atoms with Crippen LogP contribution in [0.25, 0.3) is 0 Å². The molecule has 0 saturated carbocycles. The smallest absolute Gasteiger partial charge is 0.242 e. The Morgan fingerprint density at radius 2 is 1.73 bits per heavy atom. The van der Waals surface area contributed by atoms with Crippen LogP contribution in [-0.4, -0.2) is 41.6 Å². The van der Waals surface area contributed by atoms with Crippen molar-refractivity contribution in [3.05, 3.63) is 70.2 Å². The summed E-state index contributed by atoms with van der Waals surface area (Å²) in [5.74, 6) is 1.09. The van der Waals surface area contributed by atoms with Crippen LogP contribution >= 0.6 is 27.7 Å². The lowest BCUT2D eigenvalue weighted by atomic mass is 10.1. The maximum atomic E-state index is 13.1. The zero-order valence-corrected chi connectivity index (χ0v) is 20.2. The molecule has 0 heterocycles. The molecule has 6 heteroatoms. The zero-order valence-electron chi connectivity index (χ0n) is 17.8. The fourth-order valence-corrected chi connectivity index (χ4v) is 4.32. The number of hydrogen-bond donors (Lipinski definition) is 1. The fraction of sp³-hybridized carbons (Fsp3) is 0.417. The van der Waals surface area contributed by atoms with E-state index >= 15 is 0 Å². The molecule has 2 amide bonds. The average molecular weight is 491 g/mol. The number of carbonyl (C=O) groups is 2. The van der Waals surface area contributed by atoms with Crippen molar-refractivity contribution in [3.63, 3.8) is 0 Å². The molecule has 0 saturated heterocycles. The summed E-state index contributed by atoms with van der Waals surface area (Å²) in [6.07, 6.45) is 2.22. The van der Waals surface area contributed by atoms with Gasteiger partial charge < -0.3 is 10.2 Å². The van der Waals surface area contributed by atoms with E-state index in [1.165, 1.54) is 11.1 Å². The number of hydrogen-bond acceptors (Lipinski definition) is 3. The van der Waals surface area contributed by atoms with Crippen molar-refractivity contribution in [2.24, 2.45) is 0 Å². The summed E-state index contributed by atoms with van der Waals surface area (Å²) in [4.78, 5) is 27.6. The van der Waals surface area contributed by atoms with Crippen LogP contribution in [0.5, 0.6) is 0 Å². The van der Waals surface area contributed by atoms with E-state index in [1.807, 2.05) is 44.2 Å². The quantitative estimate of drug-likeness (QED) is 0.452. The molecular formula is C24H31BrN2O2S. The zero-order chi connectivity index (χ0) is 21.8. The van der Waals surface area contributed by atoms with E-state index in [2.05, 4.69) is 45.5 Å². The molecule has 2 aromatic carbocycles. The van der Waals surface area contributed by atoms with E-state index in [4.69, 9.17) is 0 Å². The van der Waals surface area contributed by atoms with Crippen molar-refractivity contribution in [1.29, 1.82) is 0 Å². The van der Waals surface area contributed by atoms with Crippen LogP contribution in [-0.2, 0) is 21.8 Å². The Morgan fingerprint density at radius 1 is 1.03 bits per heavy atom. The van der Waals surface area contributed by atoms with Crippen molar-refractivity contribution in [2.75, 3.05) is 18.8 Å². The summed E-state index contributed by atoms with van der Waals surface area (Å²) in [6.45, 7) is 5.17. The van der Waals surface area contributed by atoms with Crippen LogP contribution < -0.4 is 5.32 Å². The minimum Gasteiger partial charge on any atom is -0.354 e. The number of thioether (sulfide) groups is 1. The minimum absolute atomic E-state index is 0.0199. The highest BCUT2D eigenvalue weighted by atomic mass is 79.9. The summed E-state index contributed by atoms with van der Waals surface area (Å²) in [5.41, 5.74) is 2.35. The minimum atomic E-state index is -0.430. The molecular weight excluding hydrogens is 460 g/mol. The molecule has 0 unspecified atom stereocenters. The van der Waals surface area contributed by atoms with Crippen LogP contribution in [0.15, 0.2) is 59.1 Å². The van der Waals surface area contributed by atoms with Gasteiger partial charge in [-0.2, -0.15) is 0 Å². The van der Waals surface area contributed by atoms with Crippen molar-refractivity contribution in [3.8, 4) is 0 Å². The Balaban J connectivity index is 2.02. The second-order valence-corrected chi connectivity index (χ2v) is 9.06. The van der Waals surface area contributed by atoms with Crippen LogP contribution in [0.1, 0.15) is 37.8 Å². The third-order valence-corrected chi connectivity index (χ3v) is 6.34. The Labute approximate surface area is 192 Å². The number of nitrogens with one attached hydrogen (secondary N) is 1. The van der Waals surface area contributed by atoms with Gasteiger partial charge in [0.05, 0.1) is 5.75 Å². The van der Waals surface area contributed by atoms with Gasteiger partial charge in [-0.15, -0.1) is 11.8 Å². The lowest BCUT2D eigenvalue weighted by Crippen LogP contribution is -2.50. The highest BCUT2D eigenvalue weighted by Gasteiger charge is 2.27. The molecule has 0 aromatic heterocycles. The maximum Gasteiger partial charge on any atom is 0.242 e. The van der Waals surface area contributed by atoms with Gasteiger partial charge in [-0.05, 0) is 42.5 Å². The van der Waals surface area contributed by atoms with Gasteiger partial charge in [0, 0.05) is 23.3 Å². The molecule has 0 radical (unpaired) electrons. The van der Waals surface area contributed by atoms with E-state index in [-0.39, 0.29) is 11.8 Å². The number of halogens is 1. The lowest BCUT2D eigenvalue weighted by Gasteiger charge is -2.30. The van der Waals surface area contributed by atoms with Crippen molar-refractivity contribution < 1.29 is 9.59 Å². The van der Waals surface area contributed by atoms with Gasteiger partial charge in [-0.25, -0.2) is 0 Å². The summed E-state index contributed by atoms with van der Waals surface area (Å²) < 4.78 is 1.04. The number of amides is 2. The molecule has 0 fully saturated rings. The molecule has 1 N–H and O–H groups in total. The van der Waals surface area contributed by atoms with Gasteiger partial charge in [0.15, 0.2) is 0 Å². The summed E-state index contributed by atoms with van der Waals surface area (Å²) in [6, 6.07) is 17.8. The van der Waals surface area contributed by atoms with E-state index < -0.39 is 6.04 Å². The largest absolute Gasteiger partial charge is 0.354 e. The fourth-order valence-electron chi connectivity index (χ4n) is 3.18. The monoisotopic (exact) mass is 490 g/mol. The Hall–Kier alpha value is -1.79. The van der Waals surface area contributed by atoms with E-state index in [0.29, 0.717) is 25.3 Å². The average Bonchev–Trinajstić information content (AvgIpc) is 2.77. The van der Waals surface area contributed by atoms with E-state index in [1.54, 1.807) is 16.7 Å². The second kappa shape index (κ2) is 13.5. The van der Waals surface area contributed by atoms with Gasteiger partial charge in [0.1, 0.15) is 6.04 Å². The topological polar surface area (TPSA) is 49.4 Å². The van der Waals surface area contributed by atoms with Crippen molar-refractivity contribution in [2.45, 2.75) is 44.9 Å². The molecule has 4 nitrogen and oxygen atoms in total. The van der Waals surface area contributed by atoms with Crippen molar-refractivity contribution in [1.82, 2.24) is 10.2 Å². The number of carbonyl (C=O) groups excluding carboxylic acids is 2. The van der Waals surface area contributed by atoms with Crippen LogP contribution in [0.3, 0.4) is 0 Å². The van der Waals surface area contributed by atoms with Crippen LogP contribution in [0.4, 0.5) is 0 Å². The Kier molecular flexibility index (Phi) is 11.0. The highest BCUT2D eigenvalue weighted by molar-refractivity contribution is 9.10. The second-order valence-electron chi connectivity index (χ2n) is 7.16.